The normalized spacial score (nSPS) is 22.5. The monoisotopic (exact) mass is 379 g/mol. The van der Waals surface area contributed by atoms with Gasteiger partial charge in [0.2, 0.25) is 0 Å². The standard InChI is InChI=1S/C20H33N3O2S/c1-16-5-6-19(25-16)14-22-10-7-17(8-11-22)12-21-20(24)23-9-3-4-18(13-23)15-26-2/h5-6,17-18H,3-4,7-15H2,1-2H3,(H,21,24)/t18-/m0/s1. The minimum atomic E-state index is 0.143. The predicted molar refractivity (Wildman–Crippen MR) is 108 cm³/mol. The molecule has 2 aliphatic rings. The van der Waals surface area contributed by atoms with Gasteiger partial charge in [-0.2, -0.15) is 11.8 Å². The number of hydrogen-bond acceptors (Lipinski definition) is 4. The lowest BCUT2D eigenvalue weighted by Gasteiger charge is -2.34. The van der Waals surface area contributed by atoms with Gasteiger partial charge in [0.15, 0.2) is 0 Å². The third-order valence-corrected chi connectivity index (χ3v) is 6.44. The molecule has 3 heterocycles. The number of urea groups is 1. The van der Waals surface area contributed by atoms with Crippen LogP contribution < -0.4 is 5.32 Å². The zero-order chi connectivity index (χ0) is 18.4. The molecule has 0 spiro atoms. The largest absolute Gasteiger partial charge is 0.465 e. The summed E-state index contributed by atoms with van der Waals surface area (Å²) in [4.78, 5) is 17.0. The van der Waals surface area contributed by atoms with Crippen molar-refractivity contribution in [1.29, 1.82) is 0 Å². The fourth-order valence-electron chi connectivity index (χ4n) is 4.10. The molecule has 2 aliphatic heterocycles. The third-order valence-electron chi connectivity index (χ3n) is 5.63. The van der Waals surface area contributed by atoms with Gasteiger partial charge in [0.05, 0.1) is 6.54 Å². The molecule has 3 rings (SSSR count). The van der Waals surface area contributed by atoms with E-state index in [0.717, 1.165) is 75.8 Å². The van der Waals surface area contributed by atoms with Crippen LogP contribution in [0.15, 0.2) is 16.5 Å². The molecule has 1 aromatic rings. The van der Waals surface area contributed by atoms with E-state index in [1.165, 1.54) is 6.42 Å². The van der Waals surface area contributed by atoms with E-state index in [-0.39, 0.29) is 6.03 Å². The number of hydrogen-bond donors (Lipinski definition) is 1. The summed E-state index contributed by atoms with van der Waals surface area (Å²) >= 11 is 1.89. The van der Waals surface area contributed by atoms with E-state index < -0.39 is 0 Å². The molecule has 0 saturated carbocycles. The average molecular weight is 380 g/mol. The lowest BCUT2D eigenvalue weighted by Crippen LogP contribution is -2.47. The molecule has 2 amide bonds. The Balaban J connectivity index is 1.35. The Bertz CT molecular complexity index is 567. The SMILES string of the molecule is CSC[C@H]1CCCN(C(=O)NCC2CCN(Cc3ccc(C)o3)CC2)C1. The smallest absolute Gasteiger partial charge is 0.317 e. The first-order chi connectivity index (χ1) is 12.6. The number of piperidine rings is 2. The van der Waals surface area contributed by atoms with E-state index in [0.29, 0.717) is 11.8 Å². The molecule has 1 aromatic heterocycles. The van der Waals surface area contributed by atoms with E-state index in [1.54, 1.807) is 0 Å². The quantitative estimate of drug-likeness (QED) is 0.821. The highest BCUT2D eigenvalue weighted by atomic mass is 32.2. The van der Waals surface area contributed by atoms with E-state index in [2.05, 4.69) is 22.5 Å². The number of amides is 2. The number of rotatable bonds is 6. The summed E-state index contributed by atoms with van der Waals surface area (Å²) in [5.74, 6) is 4.46. The second-order valence-corrected chi connectivity index (χ2v) is 8.74. The highest BCUT2D eigenvalue weighted by Crippen LogP contribution is 2.21. The molecule has 6 heteroatoms. The van der Waals surface area contributed by atoms with Crippen molar-refractivity contribution < 1.29 is 9.21 Å². The van der Waals surface area contributed by atoms with Crippen molar-refractivity contribution in [2.45, 2.75) is 39.2 Å². The van der Waals surface area contributed by atoms with Gasteiger partial charge >= 0.3 is 6.03 Å². The highest BCUT2D eigenvalue weighted by molar-refractivity contribution is 7.98. The molecule has 0 radical (unpaired) electrons. The number of thioether (sulfide) groups is 1. The van der Waals surface area contributed by atoms with Gasteiger partial charge in [-0.05, 0) is 81.7 Å². The lowest BCUT2D eigenvalue weighted by molar-refractivity contribution is 0.153. The van der Waals surface area contributed by atoms with Gasteiger partial charge in [0.25, 0.3) is 0 Å². The number of furan rings is 1. The van der Waals surface area contributed by atoms with Gasteiger partial charge in [-0.25, -0.2) is 4.79 Å². The first-order valence-electron chi connectivity index (χ1n) is 9.93. The van der Waals surface area contributed by atoms with E-state index in [1.807, 2.05) is 29.7 Å². The summed E-state index contributed by atoms with van der Waals surface area (Å²) in [5.41, 5.74) is 0. The van der Waals surface area contributed by atoms with Crippen molar-refractivity contribution >= 4 is 17.8 Å². The van der Waals surface area contributed by atoms with Gasteiger partial charge in [-0.1, -0.05) is 0 Å². The summed E-state index contributed by atoms with van der Waals surface area (Å²) in [6.07, 6.45) is 6.85. The van der Waals surface area contributed by atoms with Crippen molar-refractivity contribution in [1.82, 2.24) is 15.1 Å². The van der Waals surface area contributed by atoms with E-state index in [9.17, 15) is 4.79 Å². The number of aryl methyl sites for hydroxylation is 1. The van der Waals surface area contributed by atoms with E-state index in [4.69, 9.17) is 4.42 Å². The Morgan fingerprint density at radius 3 is 2.73 bits per heavy atom. The van der Waals surface area contributed by atoms with Crippen LogP contribution in [0.4, 0.5) is 4.79 Å². The maximum atomic E-state index is 12.5. The van der Waals surface area contributed by atoms with E-state index >= 15 is 0 Å². The number of nitrogens with one attached hydrogen (secondary N) is 1. The Morgan fingerprint density at radius 2 is 2.04 bits per heavy atom. The van der Waals surface area contributed by atoms with Crippen LogP contribution in [0.2, 0.25) is 0 Å². The lowest BCUT2D eigenvalue weighted by atomic mass is 9.96. The minimum absolute atomic E-state index is 0.143. The van der Waals surface area contributed by atoms with Gasteiger partial charge in [0, 0.05) is 19.6 Å². The number of carbonyl (C=O) groups excluding carboxylic acids is 1. The van der Waals surface area contributed by atoms with Crippen molar-refractivity contribution in [3.63, 3.8) is 0 Å². The maximum absolute atomic E-state index is 12.5. The van der Waals surface area contributed by atoms with Crippen molar-refractivity contribution in [3.8, 4) is 0 Å². The second-order valence-electron chi connectivity index (χ2n) is 7.83. The Morgan fingerprint density at radius 1 is 1.23 bits per heavy atom. The summed E-state index contributed by atoms with van der Waals surface area (Å²) in [5, 5.41) is 3.20. The molecule has 26 heavy (non-hydrogen) atoms. The fraction of sp³-hybridized carbons (Fsp3) is 0.750. The Labute approximate surface area is 161 Å². The summed E-state index contributed by atoms with van der Waals surface area (Å²) in [6.45, 7) is 7.71. The Hall–Kier alpha value is -1.14. The molecule has 0 aliphatic carbocycles. The third kappa shape index (κ3) is 5.68. The molecule has 1 atom stereocenters. The van der Waals surface area contributed by atoms with Crippen molar-refractivity contribution in [2.75, 3.05) is 44.7 Å². The summed E-state index contributed by atoms with van der Waals surface area (Å²) < 4.78 is 5.68. The molecule has 0 bridgehead atoms. The van der Waals surface area contributed by atoms with Crippen LogP contribution in [0.1, 0.15) is 37.2 Å². The number of likely N-dealkylation sites (tertiary alicyclic amines) is 2. The highest BCUT2D eigenvalue weighted by Gasteiger charge is 2.25. The summed E-state index contributed by atoms with van der Waals surface area (Å²) in [6, 6.07) is 4.25. The Kier molecular flexibility index (Phi) is 7.32. The van der Waals surface area contributed by atoms with Gasteiger partial charge in [0.1, 0.15) is 11.5 Å². The zero-order valence-corrected chi connectivity index (χ0v) is 17.0. The van der Waals surface area contributed by atoms with Crippen LogP contribution in [0.5, 0.6) is 0 Å². The molecule has 2 fully saturated rings. The molecular weight excluding hydrogens is 346 g/mol. The van der Waals surface area contributed by atoms with Gasteiger partial charge < -0.3 is 14.6 Å². The van der Waals surface area contributed by atoms with Crippen LogP contribution in [0.3, 0.4) is 0 Å². The first-order valence-corrected chi connectivity index (χ1v) is 11.3. The molecule has 5 nitrogen and oxygen atoms in total. The van der Waals surface area contributed by atoms with Crippen LogP contribution >= 0.6 is 11.8 Å². The minimum Gasteiger partial charge on any atom is -0.465 e. The van der Waals surface area contributed by atoms with Gasteiger partial charge in [-0.3, -0.25) is 4.90 Å². The van der Waals surface area contributed by atoms with Crippen LogP contribution in [-0.4, -0.2) is 60.6 Å². The number of nitrogens with zero attached hydrogens (tertiary/aromatic N) is 2. The molecule has 0 unspecified atom stereocenters. The first kappa shape index (κ1) is 19.6. The van der Waals surface area contributed by atoms with Crippen molar-refractivity contribution in [2.24, 2.45) is 11.8 Å². The molecule has 1 N–H and O–H groups in total. The molecule has 0 aromatic carbocycles. The van der Waals surface area contributed by atoms with Gasteiger partial charge in [-0.15, -0.1) is 0 Å². The van der Waals surface area contributed by atoms with Crippen LogP contribution in [0.25, 0.3) is 0 Å². The molecule has 146 valence electrons. The topological polar surface area (TPSA) is 48.7 Å². The average Bonchev–Trinajstić information content (AvgIpc) is 3.06. The van der Waals surface area contributed by atoms with Crippen LogP contribution in [-0.2, 0) is 6.54 Å². The molecule has 2 saturated heterocycles. The number of carbonyl (C=O) groups is 1. The molecular formula is C20H33N3O2S. The van der Waals surface area contributed by atoms with Crippen LogP contribution in [0, 0.1) is 18.8 Å². The predicted octanol–water partition coefficient (Wildman–Crippen LogP) is 3.58. The fourth-order valence-corrected chi connectivity index (χ4v) is 4.85. The maximum Gasteiger partial charge on any atom is 0.317 e. The van der Waals surface area contributed by atoms with Crippen molar-refractivity contribution in [3.05, 3.63) is 23.7 Å². The second kappa shape index (κ2) is 9.70. The summed E-state index contributed by atoms with van der Waals surface area (Å²) in [7, 11) is 0. The zero-order valence-electron chi connectivity index (χ0n) is 16.2.